The Bertz CT molecular complexity index is 782. The molecule has 5 nitrogen and oxygen atoms in total. The molecule has 0 radical (unpaired) electrons. The number of halogens is 3. The zero-order valence-corrected chi connectivity index (χ0v) is 17.0. The van der Waals surface area contributed by atoms with Crippen LogP contribution in [0, 0.1) is 11.3 Å². The molecule has 2 unspecified atom stereocenters. The zero-order chi connectivity index (χ0) is 21.4. The highest BCUT2D eigenvalue weighted by Gasteiger charge is 2.64. The molecule has 1 N–H and O–H groups in total. The van der Waals surface area contributed by atoms with Crippen LogP contribution in [0.5, 0.6) is 0 Å². The number of carbonyl (C=O) groups is 2. The molecule has 3 aliphatic rings. The van der Waals surface area contributed by atoms with Crippen LogP contribution >= 0.6 is 0 Å². The Morgan fingerprint density at radius 1 is 1.10 bits per heavy atom. The van der Waals surface area contributed by atoms with Gasteiger partial charge >= 0.3 is 6.18 Å². The normalized spacial score (nSPS) is 27.8. The van der Waals surface area contributed by atoms with Crippen LogP contribution in [-0.4, -0.2) is 60.0 Å². The number of hydrogen-bond donors (Lipinski definition) is 1. The molecule has 1 aromatic carbocycles. The highest BCUT2D eigenvalue weighted by atomic mass is 19.4. The monoisotopic (exact) mass is 423 g/mol. The first-order valence-corrected chi connectivity index (χ1v) is 10.7. The number of alkyl halides is 3. The first kappa shape index (κ1) is 21.2. The fraction of sp³-hybridized carbons (Fsp3) is 0.636. The predicted molar refractivity (Wildman–Crippen MR) is 105 cm³/mol. The summed E-state index contributed by atoms with van der Waals surface area (Å²) in [6.07, 6.45) is -1.79. The number of likely N-dealkylation sites (tertiary alicyclic amines) is 2. The van der Waals surface area contributed by atoms with Crippen LogP contribution in [0.15, 0.2) is 30.3 Å². The summed E-state index contributed by atoms with van der Waals surface area (Å²) in [5.41, 5.74) is -1.46. The van der Waals surface area contributed by atoms with Gasteiger partial charge < -0.3 is 10.2 Å². The Morgan fingerprint density at radius 2 is 1.83 bits per heavy atom. The lowest BCUT2D eigenvalue weighted by molar-refractivity contribution is -0.224. The van der Waals surface area contributed by atoms with Gasteiger partial charge in [-0.1, -0.05) is 30.3 Å². The molecule has 2 amide bonds. The van der Waals surface area contributed by atoms with Crippen LogP contribution in [0.1, 0.15) is 37.7 Å². The molecule has 164 valence electrons. The van der Waals surface area contributed by atoms with Crippen molar-refractivity contribution in [2.24, 2.45) is 11.3 Å². The average molecular weight is 423 g/mol. The van der Waals surface area contributed by atoms with Crippen molar-refractivity contribution in [1.82, 2.24) is 15.1 Å². The Balaban J connectivity index is 1.46. The molecule has 3 fully saturated rings. The van der Waals surface area contributed by atoms with Gasteiger partial charge in [-0.05, 0) is 44.2 Å². The highest BCUT2D eigenvalue weighted by molar-refractivity contribution is 5.86. The number of carbonyl (C=O) groups excluding carboxylic acids is 2. The second-order valence-corrected chi connectivity index (χ2v) is 8.90. The molecular weight excluding hydrogens is 395 g/mol. The largest absolute Gasteiger partial charge is 0.404 e. The Kier molecular flexibility index (Phi) is 5.79. The molecule has 2 heterocycles. The van der Waals surface area contributed by atoms with E-state index in [0.29, 0.717) is 19.4 Å². The molecule has 2 saturated heterocycles. The van der Waals surface area contributed by atoms with Gasteiger partial charge in [-0.3, -0.25) is 14.5 Å². The zero-order valence-electron chi connectivity index (χ0n) is 17.0. The van der Waals surface area contributed by atoms with Crippen LogP contribution in [0.2, 0.25) is 0 Å². The quantitative estimate of drug-likeness (QED) is 0.792. The maximum Gasteiger partial charge on any atom is 0.404 e. The third kappa shape index (κ3) is 4.33. The van der Waals surface area contributed by atoms with E-state index >= 15 is 0 Å². The third-order valence-electron chi connectivity index (χ3n) is 6.55. The lowest BCUT2D eigenvalue weighted by Gasteiger charge is -2.39. The van der Waals surface area contributed by atoms with Crippen molar-refractivity contribution < 1.29 is 22.8 Å². The minimum Gasteiger partial charge on any atom is -0.353 e. The standard InChI is InChI=1S/C22H28F3N3O2/c23-22(24,25)21(10-12-27(15-21)13-16-5-2-1-3-6-16)20(30)28-11-4-7-17(14-28)19(29)26-18-8-9-18/h1-3,5-6,17-18H,4,7-15H2,(H,26,29). The summed E-state index contributed by atoms with van der Waals surface area (Å²) in [7, 11) is 0. The maximum absolute atomic E-state index is 14.2. The SMILES string of the molecule is O=C(NC1CC1)C1CCCN(C(=O)C2(C(F)(F)F)CCN(Cc3ccccc3)C2)C1. The minimum atomic E-state index is -4.63. The molecule has 1 saturated carbocycles. The molecule has 30 heavy (non-hydrogen) atoms. The van der Waals surface area contributed by atoms with Gasteiger partial charge in [-0.15, -0.1) is 0 Å². The second kappa shape index (κ2) is 8.21. The van der Waals surface area contributed by atoms with Gasteiger partial charge in [0.05, 0.1) is 5.92 Å². The number of nitrogens with one attached hydrogen (secondary N) is 1. The summed E-state index contributed by atoms with van der Waals surface area (Å²) in [5, 5.41) is 2.92. The highest BCUT2D eigenvalue weighted by Crippen LogP contribution is 2.47. The van der Waals surface area contributed by atoms with E-state index < -0.39 is 23.4 Å². The third-order valence-corrected chi connectivity index (χ3v) is 6.55. The summed E-state index contributed by atoms with van der Waals surface area (Å²) < 4.78 is 42.6. The molecule has 0 spiro atoms. The van der Waals surface area contributed by atoms with E-state index in [4.69, 9.17) is 0 Å². The molecule has 2 aliphatic heterocycles. The van der Waals surface area contributed by atoms with Crippen molar-refractivity contribution in [2.45, 2.75) is 50.9 Å². The first-order chi connectivity index (χ1) is 14.3. The summed E-state index contributed by atoms with van der Waals surface area (Å²) >= 11 is 0. The molecule has 0 aromatic heterocycles. The van der Waals surface area contributed by atoms with Gasteiger partial charge in [0.15, 0.2) is 5.41 Å². The molecule has 2 atom stereocenters. The molecule has 8 heteroatoms. The number of nitrogens with zero attached hydrogens (tertiary/aromatic N) is 2. The smallest absolute Gasteiger partial charge is 0.353 e. The van der Waals surface area contributed by atoms with Crippen molar-refractivity contribution >= 4 is 11.8 Å². The fourth-order valence-electron chi connectivity index (χ4n) is 4.62. The summed E-state index contributed by atoms with van der Waals surface area (Å²) in [6.45, 7) is 0.633. The van der Waals surface area contributed by atoms with E-state index in [-0.39, 0.29) is 44.5 Å². The molecule has 4 rings (SSSR count). The second-order valence-electron chi connectivity index (χ2n) is 8.90. The molecule has 1 aliphatic carbocycles. The average Bonchev–Trinajstić information content (AvgIpc) is 3.43. The van der Waals surface area contributed by atoms with Crippen molar-refractivity contribution in [3.8, 4) is 0 Å². The van der Waals surface area contributed by atoms with Gasteiger partial charge in [0.25, 0.3) is 0 Å². The van der Waals surface area contributed by atoms with Crippen LogP contribution < -0.4 is 5.32 Å². The summed E-state index contributed by atoms with van der Waals surface area (Å²) in [6, 6.07) is 9.53. The van der Waals surface area contributed by atoms with Crippen molar-refractivity contribution in [3.05, 3.63) is 35.9 Å². The van der Waals surface area contributed by atoms with E-state index in [1.165, 1.54) is 4.90 Å². The summed E-state index contributed by atoms with van der Waals surface area (Å²) in [4.78, 5) is 28.6. The number of hydrogen-bond acceptors (Lipinski definition) is 3. The Hall–Kier alpha value is -2.09. The first-order valence-electron chi connectivity index (χ1n) is 10.7. The van der Waals surface area contributed by atoms with Gasteiger partial charge in [0.2, 0.25) is 11.8 Å². The predicted octanol–water partition coefficient (Wildman–Crippen LogP) is 2.96. The molecular formula is C22H28F3N3O2. The van der Waals surface area contributed by atoms with Crippen molar-refractivity contribution in [2.75, 3.05) is 26.2 Å². The number of piperidine rings is 1. The van der Waals surface area contributed by atoms with Gasteiger partial charge in [-0.25, -0.2) is 0 Å². The van der Waals surface area contributed by atoms with Gasteiger partial charge in [0.1, 0.15) is 0 Å². The summed E-state index contributed by atoms with van der Waals surface area (Å²) in [5.74, 6) is -1.42. The fourth-order valence-corrected chi connectivity index (χ4v) is 4.62. The lowest BCUT2D eigenvalue weighted by Crippen LogP contribution is -2.56. The van der Waals surface area contributed by atoms with E-state index in [1.54, 1.807) is 4.90 Å². The van der Waals surface area contributed by atoms with Crippen LogP contribution in [0.3, 0.4) is 0 Å². The lowest BCUT2D eigenvalue weighted by atomic mass is 9.83. The maximum atomic E-state index is 14.2. The van der Waals surface area contributed by atoms with Crippen LogP contribution in [-0.2, 0) is 16.1 Å². The van der Waals surface area contributed by atoms with Gasteiger partial charge in [-0.2, -0.15) is 13.2 Å². The number of benzene rings is 1. The number of rotatable bonds is 5. The Labute approximate surface area is 174 Å². The number of amides is 2. The molecule has 1 aromatic rings. The van der Waals surface area contributed by atoms with Crippen LogP contribution in [0.4, 0.5) is 13.2 Å². The van der Waals surface area contributed by atoms with Gasteiger partial charge in [0, 0.05) is 32.2 Å². The molecule has 0 bridgehead atoms. The topological polar surface area (TPSA) is 52.7 Å². The minimum absolute atomic E-state index is 0.0773. The van der Waals surface area contributed by atoms with Crippen LogP contribution in [0.25, 0.3) is 0 Å². The van der Waals surface area contributed by atoms with Crippen molar-refractivity contribution in [3.63, 3.8) is 0 Å². The van der Waals surface area contributed by atoms with E-state index in [9.17, 15) is 22.8 Å². The van der Waals surface area contributed by atoms with E-state index in [0.717, 1.165) is 18.4 Å². The Morgan fingerprint density at radius 3 is 2.50 bits per heavy atom. The van der Waals surface area contributed by atoms with Crippen molar-refractivity contribution in [1.29, 1.82) is 0 Å². The van der Waals surface area contributed by atoms with E-state index in [2.05, 4.69) is 5.32 Å². The van der Waals surface area contributed by atoms with E-state index in [1.807, 2.05) is 30.3 Å².